The number of rotatable bonds is 4. The predicted molar refractivity (Wildman–Crippen MR) is 78.0 cm³/mol. The number of benzene rings is 2. The Bertz CT molecular complexity index is 767. The molecule has 0 aliphatic rings. The van der Waals surface area contributed by atoms with Crippen LogP contribution >= 0.6 is 11.6 Å². The molecule has 2 rings (SSSR count). The van der Waals surface area contributed by atoms with Crippen molar-refractivity contribution < 1.29 is 8.42 Å². The minimum atomic E-state index is -3.77. The van der Waals surface area contributed by atoms with Crippen LogP contribution in [0, 0.1) is 11.3 Å². The van der Waals surface area contributed by atoms with Gasteiger partial charge in [0, 0.05) is 0 Å². The van der Waals surface area contributed by atoms with Crippen LogP contribution in [0.3, 0.4) is 0 Å². The third-order valence-electron chi connectivity index (χ3n) is 2.65. The third kappa shape index (κ3) is 3.10. The van der Waals surface area contributed by atoms with Gasteiger partial charge in [0.2, 0.25) is 0 Å². The van der Waals surface area contributed by atoms with E-state index in [9.17, 15) is 8.42 Å². The monoisotopic (exact) mass is 306 g/mol. The van der Waals surface area contributed by atoms with Gasteiger partial charge in [0.25, 0.3) is 10.0 Å². The number of anilines is 1. The van der Waals surface area contributed by atoms with E-state index < -0.39 is 10.0 Å². The number of nitriles is 1. The molecule has 6 heteroatoms. The van der Waals surface area contributed by atoms with E-state index in [1.807, 2.05) is 6.07 Å². The standard InChI is InChI=1S/C14H11ClN2O2S/c15-12-6-2-3-7-13(12)17-20(18,19)14-8-4-1-5-11(14)9-10-16/h1-8,17H,9H2. The molecule has 2 aromatic carbocycles. The highest BCUT2D eigenvalue weighted by Gasteiger charge is 2.18. The highest BCUT2D eigenvalue weighted by molar-refractivity contribution is 7.92. The number of nitrogens with one attached hydrogen (secondary N) is 1. The van der Waals surface area contributed by atoms with E-state index in [1.54, 1.807) is 42.5 Å². The van der Waals surface area contributed by atoms with Crippen LogP contribution in [0.15, 0.2) is 53.4 Å². The second kappa shape index (κ2) is 5.95. The molecule has 0 bridgehead atoms. The normalized spacial score (nSPS) is 10.8. The van der Waals surface area contributed by atoms with E-state index in [2.05, 4.69) is 4.72 Å². The van der Waals surface area contributed by atoms with Crippen molar-refractivity contribution in [2.24, 2.45) is 0 Å². The molecule has 0 heterocycles. The Kier molecular flexibility index (Phi) is 4.28. The van der Waals surface area contributed by atoms with Gasteiger partial charge in [0.05, 0.1) is 28.1 Å². The van der Waals surface area contributed by atoms with Crippen LogP contribution in [0.1, 0.15) is 5.56 Å². The Morgan fingerprint density at radius 1 is 1.10 bits per heavy atom. The fourth-order valence-corrected chi connectivity index (χ4v) is 3.30. The molecule has 0 unspecified atom stereocenters. The molecule has 102 valence electrons. The van der Waals surface area contributed by atoms with Gasteiger partial charge in [-0.05, 0) is 23.8 Å². The third-order valence-corrected chi connectivity index (χ3v) is 4.45. The maximum atomic E-state index is 12.4. The van der Waals surface area contributed by atoms with Gasteiger partial charge < -0.3 is 0 Å². The number of hydrogen-bond acceptors (Lipinski definition) is 3. The maximum Gasteiger partial charge on any atom is 0.262 e. The van der Waals surface area contributed by atoms with Crippen molar-refractivity contribution in [3.8, 4) is 6.07 Å². The Morgan fingerprint density at radius 3 is 2.45 bits per heavy atom. The van der Waals surface area contributed by atoms with E-state index >= 15 is 0 Å². The molecule has 0 saturated heterocycles. The quantitative estimate of drug-likeness (QED) is 0.943. The first-order valence-electron chi connectivity index (χ1n) is 5.77. The Hall–Kier alpha value is -2.03. The first-order chi connectivity index (χ1) is 9.54. The summed E-state index contributed by atoms with van der Waals surface area (Å²) in [6, 6.07) is 14.9. The molecular formula is C14H11ClN2O2S. The molecule has 0 radical (unpaired) electrons. The first-order valence-corrected chi connectivity index (χ1v) is 7.63. The van der Waals surface area contributed by atoms with E-state index in [0.717, 1.165) is 0 Å². The number of hydrogen-bond donors (Lipinski definition) is 1. The maximum absolute atomic E-state index is 12.4. The molecule has 0 aliphatic carbocycles. The van der Waals surface area contributed by atoms with Crippen LogP contribution < -0.4 is 4.72 Å². The largest absolute Gasteiger partial charge is 0.278 e. The van der Waals surface area contributed by atoms with Crippen LogP contribution in [0.4, 0.5) is 5.69 Å². The van der Waals surface area contributed by atoms with Crippen LogP contribution in [-0.4, -0.2) is 8.42 Å². The Labute approximate surface area is 122 Å². The summed E-state index contributed by atoms with van der Waals surface area (Å²) in [5, 5.41) is 9.07. The van der Waals surface area contributed by atoms with Crippen molar-refractivity contribution in [2.75, 3.05) is 4.72 Å². The van der Waals surface area contributed by atoms with Crippen molar-refractivity contribution in [3.63, 3.8) is 0 Å². The Morgan fingerprint density at radius 2 is 1.75 bits per heavy atom. The summed E-state index contributed by atoms with van der Waals surface area (Å²) < 4.78 is 27.2. The molecule has 2 aromatic rings. The molecule has 4 nitrogen and oxygen atoms in total. The van der Waals surface area contributed by atoms with Crippen molar-refractivity contribution >= 4 is 27.3 Å². The summed E-state index contributed by atoms with van der Waals surface area (Å²) in [5.74, 6) is 0. The zero-order valence-corrected chi connectivity index (χ0v) is 11.9. The molecule has 0 fully saturated rings. The molecule has 1 N–H and O–H groups in total. The van der Waals surface area contributed by atoms with Gasteiger partial charge in [-0.2, -0.15) is 5.26 Å². The van der Waals surface area contributed by atoms with Gasteiger partial charge in [-0.1, -0.05) is 41.9 Å². The Balaban J connectivity index is 2.42. The molecule has 0 aromatic heterocycles. The fourth-order valence-electron chi connectivity index (χ4n) is 1.74. The molecule has 0 spiro atoms. The second-order valence-electron chi connectivity index (χ2n) is 4.03. The highest BCUT2D eigenvalue weighted by Crippen LogP contribution is 2.25. The fraction of sp³-hybridized carbons (Fsp3) is 0.0714. The molecule has 0 saturated carbocycles. The first kappa shape index (κ1) is 14.4. The second-order valence-corrected chi connectivity index (χ2v) is 6.09. The zero-order valence-electron chi connectivity index (χ0n) is 10.4. The van der Waals surface area contributed by atoms with Crippen molar-refractivity contribution in [3.05, 3.63) is 59.1 Å². The van der Waals surface area contributed by atoms with Crippen molar-refractivity contribution in [1.82, 2.24) is 0 Å². The highest BCUT2D eigenvalue weighted by atomic mass is 35.5. The van der Waals surface area contributed by atoms with E-state index in [-0.39, 0.29) is 11.3 Å². The average molecular weight is 307 g/mol. The minimum absolute atomic E-state index is 0.0274. The number of sulfonamides is 1. The molecule has 20 heavy (non-hydrogen) atoms. The number of para-hydroxylation sites is 1. The summed E-state index contributed by atoms with van der Waals surface area (Å²) in [7, 11) is -3.77. The minimum Gasteiger partial charge on any atom is -0.278 e. The lowest BCUT2D eigenvalue weighted by Gasteiger charge is -2.11. The van der Waals surface area contributed by atoms with Gasteiger partial charge >= 0.3 is 0 Å². The summed E-state index contributed by atoms with van der Waals surface area (Å²) in [6.07, 6.45) is 0.0274. The van der Waals surface area contributed by atoms with E-state index in [1.165, 1.54) is 6.07 Å². The number of nitrogens with zero attached hydrogens (tertiary/aromatic N) is 1. The summed E-state index contributed by atoms with van der Waals surface area (Å²) in [4.78, 5) is 0.0847. The van der Waals surface area contributed by atoms with E-state index in [0.29, 0.717) is 16.3 Å². The van der Waals surface area contributed by atoms with Gasteiger partial charge in [-0.15, -0.1) is 0 Å². The SMILES string of the molecule is N#CCc1ccccc1S(=O)(=O)Nc1ccccc1Cl. The predicted octanol–water partition coefficient (Wildman–Crippen LogP) is 3.21. The smallest absolute Gasteiger partial charge is 0.262 e. The van der Waals surface area contributed by atoms with Gasteiger partial charge in [0.15, 0.2) is 0 Å². The summed E-state index contributed by atoms with van der Waals surface area (Å²) in [6.45, 7) is 0. The lowest BCUT2D eigenvalue weighted by atomic mass is 10.2. The molecule has 0 atom stereocenters. The number of halogens is 1. The topological polar surface area (TPSA) is 70.0 Å². The van der Waals surface area contributed by atoms with Crippen molar-refractivity contribution in [2.45, 2.75) is 11.3 Å². The summed E-state index contributed by atoms with van der Waals surface area (Å²) >= 11 is 5.94. The van der Waals surface area contributed by atoms with Crippen LogP contribution in [0.5, 0.6) is 0 Å². The molecule has 0 aliphatic heterocycles. The van der Waals surface area contributed by atoms with Gasteiger partial charge in [-0.3, -0.25) is 4.72 Å². The lowest BCUT2D eigenvalue weighted by Crippen LogP contribution is -2.15. The molecular weight excluding hydrogens is 296 g/mol. The van der Waals surface area contributed by atoms with Gasteiger partial charge in [-0.25, -0.2) is 8.42 Å². The van der Waals surface area contributed by atoms with Crippen LogP contribution in [0.25, 0.3) is 0 Å². The summed E-state index contributed by atoms with van der Waals surface area (Å²) in [5.41, 5.74) is 0.760. The molecule has 0 amide bonds. The zero-order chi connectivity index (χ0) is 14.6. The van der Waals surface area contributed by atoms with Crippen LogP contribution in [-0.2, 0) is 16.4 Å². The lowest BCUT2D eigenvalue weighted by molar-refractivity contribution is 0.600. The van der Waals surface area contributed by atoms with E-state index in [4.69, 9.17) is 16.9 Å². The van der Waals surface area contributed by atoms with Crippen molar-refractivity contribution in [1.29, 1.82) is 5.26 Å². The van der Waals surface area contributed by atoms with Crippen LogP contribution in [0.2, 0.25) is 5.02 Å². The van der Waals surface area contributed by atoms with Gasteiger partial charge in [0.1, 0.15) is 0 Å². The average Bonchev–Trinajstić information content (AvgIpc) is 2.42.